The molecule has 134 valence electrons. The second-order valence-corrected chi connectivity index (χ2v) is 6.65. The van der Waals surface area contributed by atoms with Crippen molar-refractivity contribution in [3.05, 3.63) is 35.6 Å². The van der Waals surface area contributed by atoms with E-state index in [-0.39, 0.29) is 11.7 Å². The van der Waals surface area contributed by atoms with E-state index in [4.69, 9.17) is 9.26 Å². The highest BCUT2D eigenvalue weighted by Gasteiger charge is 2.31. The van der Waals surface area contributed by atoms with E-state index < -0.39 is 6.10 Å². The third-order valence-corrected chi connectivity index (χ3v) is 4.77. The van der Waals surface area contributed by atoms with E-state index in [1.807, 2.05) is 24.3 Å². The van der Waals surface area contributed by atoms with E-state index in [0.29, 0.717) is 30.3 Å². The first kappa shape index (κ1) is 17.5. The first-order valence-corrected chi connectivity index (χ1v) is 8.62. The normalized spacial score (nSPS) is 16.7. The van der Waals surface area contributed by atoms with Gasteiger partial charge in [-0.05, 0) is 49.9 Å². The Morgan fingerprint density at radius 3 is 2.52 bits per heavy atom. The Morgan fingerprint density at radius 1 is 1.32 bits per heavy atom. The molecule has 3 rings (SSSR count). The summed E-state index contributed by atoms with van der Waals surface area (Å²) in [4.78, 5) is 14.6. The van der Waals surface area contributed by atoms with E-state index in [9.17, 15) is 9.90 Å². The zero-order chi connectivity index (χ0) is 18.0. The highest BCUT2D eigenvalue weighted by atomic mass is 16.5. The number of nitrogens with zero attached hydrogens (tertiary/aromatic N) is 2. The van der Waals surface area contributed by atoms with Crippen molar-refractivity contribution in [1.82, 2.24) is 10.1 Å². The molecule has 1 aromatic heterocycles. The predicted molar refractivity (Wildman–Crippen MR) is 93.4 cm³/mol. The fourth-order valence-corrected chi connectivity index (χ4v) is 3.15. The quantitative estimate of drug-likeness (QED) is 0.921. The zero-order valence-electron chi connectivity index (χ0n) is 14.9. The van der Waals surface area contributed by atoms with Gasteiger partial charge in [-0.2, -0.15) is 0 Å². The first-order chi connectivity index (χ1) is 12.0. The third kappa shape index (κ3) is 3.54. The van der Waals surface area contributed by atoms with Gasteiger partial charge in [0.1, 0.15) is 11.4 Å². The Labute approximate surface area is 147 Å². The standard InChI is InChI=1S/C19H24N2O4/c1-12-8-10-21(11-9-12)19(23)18-16(13(2)22)17(20-25-18)14-4-6-15(24-3)7-5-14/h4-7,12-13,22H,8-11H2,1-3H3/t13-/m0/s1. The van der Waals surface area contributed by atoms with Crippen LogP contribution in [0.1, 0.15) is 48.9 Å². The van der Waals surface area contributed by atoms with Gasteiger partial charge in [-0.3, -0.25) is 4.79 Å². The minimum absolute atomic E-state index is 0.135. The second kappa shape index (κ2) is 7.27. The molecule has 1 aromatic carbocycles. The summed E-state index contributed by atoms with van der Waals surface area (Å²) in [5, 5.41) is 14.3. The van der Waals surface area contributed by atoms with Gasteiger partial charge in [0.15, 0.2) is 0 Å². The van der Waals surface area contributed by atoms with Gasteiger partial charge in [0.25, 0.3) is 5.91 Å². The lowest BCUT2D eigenvalue weighted by atomic mass is 9.98. The maximum absolute atomic E-state index is 12.8. The topological polar surface area (TPSA) is 75.8 Å². The molecule has 0 unspecified atom stereocenters. The Hall–Kier alpha value is -2.34. The van der Waals surface area contributed by atoms with E-state index in [1.54, 1.807) is 18.9 Å². The lowest BCUT2D eigenvalue weighted by Gasteiger charge is -2.29. The number of carbonyl (C=O) groups excluding carboxylic acids is 1. The van der Waals surface area contributed by atoms with E-state index in [0.717, 1.165) is 24.2 Å². The highest BCUT2D eigenvalue weighted by Crippen LogP contribution is 2.32. The van der Waals surface area contributed by atoms with Crippen LogP contribution in [0.3, 0.4) is 0 Å². The third-order valence-electron chi connectivity index (χ3n) is 4.77. The number of hydrogen-bond acceptors (Lipinski definition) is 5. The lowest BCUT2D eigenvalue weighted by Crippen LogP contribution is -2.38. The summed E-state index contributed by atoms with van der Waals surface area (Å²) in [7, 11) is 1.60. The average Bonchev–Trinajstić information content (AvgIpc) is 3.07. The van der Waals surface area contributed by atoms with Crippen LogP contribution < -0.4 is 4.74 Å². The molecule has 1 aliphatic rings. The van der Waals surface area contributed by atoms with Gasteiger partial charge in [0.05, 0.1) is 18.8 Å². The molecule has 1 amide bonds. The Kier molecular flexibility index (Phi) is 5.08. The van der Waals surface area contributed by atoms with Crippen molar-refractivity contribution < 1.29 is 19.2 Å². The predicted octanol–water partition coefficient (Wildman–Crippen LogP) is 3.28. The first-order valence-electron chi connectivity index (χ1n) is 8.62. The Morgan fingerprint density at radius 2 is 1.96 bits per heavy atom. The van der Waals surface area contributed by atoms with E-state index in [2.05, 4.69) is 12.1 Å². The summed E-state index contributed by atoms with van der Waals surface area (Å²) in [6.07, 6.45) is 1.11. The van der Waals surface area contributed by atoms with Gasteiger partial charge in [0.2, 0.25) is 5.76 Å². The molecule has 1 fully saturated rings. The van der Waals surface area contributed by atoms with Crippen LogP contribution in [0.4, 0.5) is 0 Å². The van der Waals surface area contributed by atoms with Crippen molar-refractivity contribution in [1.29, 1.82) is 0 Å². The summed E-state index contributed by atoms with van der Waals surface area (Å²) in [6.45, 7) is 5.23. The molecule has 6 nitrogen and oxygen atoms in total. The maximum Gasteiger partial charge on any atom is 0.292 e. The molecule has 1 saturated heterocycles. The van der Waals surface area contributed by atoms with Crippen LogP contribution in [0.2, 0.25) is 0 Å². The summed E-state index contributed by atoms with van der Waals surface area (Å²) in [6, 6.07) is 7.28. The van der Waals surface area contributed by atoms with Crippen LogP contribution in [-0.4, -0.2) is 41.3 Å². The van der Waals surface area contributed by atoms with E-state index in [1.165, 1.54) is 0 Å². The molecule has 1 N–H and O–H groups in total. The van der Waals surface area contributed by atoms with Crippen LogP contribution in [-0.2, 0) is 0 Å². The van der Waals surface area contributed by atoms with Gasteiger partial charge in [-0.15, -0.1) is 0 Å². The van der Waals surface area contributed by atoms with E-state index >= 15 is 0 Å². The molecule has 0 bridgehead atoms. The lowest BCUT2D eigenvalue weighted by molar-refractivity contribution is 0.0647. The Bertz CT molecular complexity index is 728. The van der Waals surface area contributed by atoms with Crippen molar-refractivity contribution in [2.75, 3.05) is 20.2 Å². The van der Waals surface area contributed by atoms with Crippen LogP contribution in [0.15, 0.2) is 28.8 Å². The van der Waals surface area contributed by atoms with Crippen molar-refractivity contribution in [3.63, 3.8) is 0 Å². The molecule has 2 heterocycles. The number of aliphatic hydroxyl groups is 1. The van der Waals surface area contributed by atoms with Crippen molar-refractivity contribution in [3.8, 4) is 17.0 Å². The summed E-state index contributed by atoms with van der Waals surface area (Å²) in [5.41, 5.74) is 1.70. The van der Waals surface area contributed by atoms with Crippen LogP contribution in [0.25, 0.3) is 11.3 Å². The number of rotatable bonds is 4. The molecule has 1 atom stereocenters. The van der Waals surface area contributed by atoms with Gasteiger partial charge in [-0.25, -0.2) is 0 Å². The number of aromatic nitrogens is 1. The molecule has 2 aromatic rings. The molecular weight excluding hydrogens is 320 g/mol. The number of amides is 1. The van der Waals surface area contributed by atoms with Gasteiger partial charge < -0.3 is 19.3 Å². The minimum atomic E-state index is -0.856. The Balaban J connectivity index is 1.92. The van der Waals surface area contributed by atoms with Crippen molar-refractivity contribution >= 4 is 5.91 Å². The zero-order valence-corrected chi connectivity index (χ0v) is 14.9. The molecule has 6 heteroatoms. The molecule has 1 aliphatic heterocycles. The largest absolute Gasteiger partial charge is 0.497 e. The minimum Gasteiger partial charge on any atom is -0.497 e. The average molecular weight is 344 g/mol. The number of hydrogen-bond donors (Lipinski definition) is 1. The number of benzene rings is 1. The molecule has 25 heavy (non-hydrogen) atoms. The van der Waals surface area contributed by atoms with Crippen LogP contribution in [0.5, 0.6) is 5.75 Å². The van der Waals surface area contributed by atoms with Gasteiger partial charge in [-0.1, -0.05) is 12.1 Å². The fraction of sp³-hybridized carbons (Fsp3) is 0.474. The SMILES string of the molecule is COc1ccc(-c2noc(C(=O)N3CCC(C)CC3)c2[C@H](C)O)cc1. The van der Waals surface area contributed by atoms with Gasteiger partial charge >= 0.3 is 0 Å². The molecular formula is C19H24N2O4. The number of methoxy groups -OCH3 is 1. The molecule has 0 radical (unpaired) electrons. The number of ether oxygens (including phenoxy) is 1. The maximum atomic E-state index is 12.8. The molecule has 0 saturated carbocycles. The summed E-state index contributed by atoms with van der Waals surface area (Å²) in [5.74, 6) is 1.29. The number of carbonyl (C=O) groups is 1. The van der Waals surface area contributed by atoms with Crippen LogP contribution >= 0.6 is 0 Å². The van der Waals surface area contributed by atoms with Crippen molar-refractivity contribution in [2.45, 2.75) is 32.8 Å². The number of piperidine rings is 1. The second-order valence-electron chi connectivity index (χ2n) is 6.65. The van der Waals surface area contributed by atoms with Crippen molar-refractivity contribution in [2.24, 2.45) is 5.92 Å². The van der Waals surface area contributed by atoms with Crippen LogP contribution in [0, 0.1) is 5.92 Å². The fourth-order valence-electron chi connectivity index (χ4n) is 3.15. The van der Waals surface area contributed by atoms with Gasteiger partial charge in [0, 0.05) is 18.7 Å². The smallest absolute Gasteiger partial charge is 0.292 e. The monoisotopic (exact) mass is 344 g/mol. The number of likely N-dealkylation sites (tertiary alicyclic amines) is 1. The molecule has 0 aliphatic carbocycles. The highest BCUT2D eigenvalue weighted by molar-refractivity contribution is 5.94. The summed E-state index contributed by atoms with van der Waals surface area (Å²) >= 11 is 0. The summed E-state index contributed by atoms with van der Waals surface area (Å²) < 4.78 is 10.5. The molecule has 0 spiro atoms. The number of aliphatic hydroxyl groups excluding tert-OH is 1.